The van der Waals surface area contributed by atoms with Crippen LogP contribution in [0.25, 0.3) is 0 Å². The van der Waals surface area contributed by atoms with Crippen molar-refractivity contribution in [1.29, 1.82) is 0 Å². The van der Waals surface area contributed by atoms with E-state index in [2.05, 4.69) is 12.2 Å². The van der Waals surface area contributed by atoms with Gasteiger partial charge >= 0.3 is 0 Å². The van der Waals surface area contributed by atoms with Gasteiger partial charge in [0.05, 0.1) is 0 Å². The highest BCUT2D eigenvalue weighted by atomic mass is 16.5. The number of ether oxygens (including phenoxy) is 2. The van der Waals surface area contributed by atoms with Crippen molar-refractivity contribution < 1.29 is 14.3 Å². The molecule has 1 N–H and O–H groups in total. The van der Waals surface area contributed by atoms with Crippen LogP contribution in [0.15, 0.2) is 30.3 Å². The zero-order valence-electron chi connectivity index (χ0n) is 11.5. The molecule has 1 aromatic carbocycles. The van der Waals surface area contributed by atoms with Gasteiger partial charge in [-0.05, 0) is 25.3 Å². The lowest BCUT2D eigenvalue weighted by molar-refractivity contribution is -0.134. The lowest BCUT2D eigenvalue weighted by atomic mass is 9.92. The number of benzene rings is 1. The van der Waals surface area contributed by atoms with E-state index in [1.807, 2.05) is 30.3 Å². The normalized spacial score (nSPS) is 19.7. The summed E-state index contributed by atoms with van der Waals surface area (Å²) in [6, 6.07) is 9.55. The molecule has 1 aromatic rings. The fourth-order valence-electron chi connectivity index (χ4n) is 2.33. The van der Waals surface area contributed by atoms with Crippen molar-refractivity contribution in [2.24, 2.45) is 0 Å². The third-order valence-electron chi connectivity index (χ3n) is 3.60. The molecule has 0 saturated carbocycles. The number of hydrogen-bond acceptors (Lipinski definition) is 3. The molecule has 1 fully saturated rings. The zero-order chi connectivity index (χ0) is 13.7. The molecule has 0 aromatic heterocycles. The molecule has 4 heteroatoms. The number of carbonyl (C=O) groups excluding carboxylic acids is 1. The molecule has 1 aliphatic heterocycles. The molecule has 4 nitrogen and oxygen atoms in total. The van der Waals surface area contributed by atoms with Gasteiger partial charge in [-0.2, -0.15) is 0 Å². The van der Waals surface area contributed by atoms with Gasteiger partial charge in [-0.15, -0.1) is 0 Å². The average molecular weight is 263 g/mol. The number of rotatable bonds is 4. The van der Waals surface area contributed by atoms with E-state index in [4.69, 9.17) is 9.47 Å². The van der Waals surface area contributed by atoms with E-state index < -0.39 is 6.10 Å². The Bertz CT molecular complexity index is 413. The van der Waals surface area contributed by atoms with Crippen LogP contribution in [-0.2, 0) is 14.3 Å². The van der Waals surface area contributed by atoms with Crippen LogP contribution < -0.4 is 5.32 Å². The number of amides is 1. The summed E-state index contributed by atoms with van der Waals surface area (Å²) in [5.41, 5.74) is 0.680. The molecule has 19 heavy (non-hydrogen) atoms. The van der Waals surface area contributed by atoms with E-state index in [9.17, 15) is 4.79 Å². The first-order chi connectivity index (χ1) is 9.14. The van der Waals surface area contributed by atoms with Gasteiger partial charge in [0.15, 0.2) is 6.10 Å². The van der Waals surface area contributed by atoms with Gasteiger partial charge in [0, 0.05) is 25.9 Å². The summed E-state index contributed by atoms with van der Waals surface area (Å²) in [4.78, 5) is 12.4. The molecular formula is C15H21NO3. The smallest absolute Gasteiger partial charge is 0.254 e. The van der Waals surface area contributed by atoms with Crippen molar-refractivity contribution in [2.45, 2.75) is 31.4 Å². The van der Waals surface area contributed by atoms with Gasteiger partial charge in [0.25, 0.3) is 5.91 Å². The zero-order valence-corrected chi connectivity index (χ0v) is 11.5. The number of nitrogens with one attached hydrogen (secondary N) is 1. The third-order valence-corrected chi connectivity index (χ3v) is 3.60. The van der Waals surface area contributed by atoms with Crippen molar-refractivity contribution in [3.63, 3.8) is 0 Å². The van der Waals surface area contributed by atoms with Crippen LogP contribution in [0.1, 0.15) is 31.4 Å². The molecule has 1 heterocycles. The monoisotopic (exact) mass is 263 g/mol. The highest BCUT2D eigenvalue weighted by molar-refractivity contribution is 5.82. The second-order valence-electron chi connectivity index (χ2n) is 5.19. The van der Waals surface area contributed by atoms with Crippen LogP contribution in [0, 0.1) is 0 Å². The highest BCUT2D eigenvalue weighted by Crippen LogP contribution is 2.23. The minimum absolute atomic E-state index is 0.0851. The van der Waals surface area contributed by atoms with Crippen LogP contribution in [0.3, 0.4) is 0 Å². The van der Waals surface area contributed by atoms with Gasteiger partial charge in [-0.1, -0.05) is 30.3 Å². The molecule has 1 saturated heterocycles. The quantitative estimate of drug-likeness (QED) is 0.904. The Kier molecular flexibility index (Phi) is 4.56. The standard InChI is InChI=1S/C15H21NO3/c1-15(8-10-19-11-9-15)16-14(17)13(18-2)12-6-4-3-5-7-12/h3-7,13H,8-11H2,1-2H3,(H,16,17)/t13-/m0/s1. The van der Waals surface area contributed by atoms with Crippen LogP contribution >= 0.6 is 0 Å². The van der Waals surface area contributed by atoms with E-state index in [-0.39, 0.29) is 11.4 Å². The van der Waals surface area contributed by atoms with Gasteiger partial charge in [0.2, 0.25) is 0 Å². The fourth-order valence-corrected chi connectivity index (χ4v) is 2.33. The summed E-state index contributed by atoms with van der Waals surface area (Å²) >= 11 is 0. The molecule has 1 amide bonds. The number of methoxy groups -OCH3 is 1. The Balaban J connectivity index is 2.05. The maximum absolute atomic E-state index is 12.4. The first-order valence-corrected chi connectivity index (χ1v) is 6.62. The van der Waals surface area contributed by atoms with Crippen molar-refractivity contribution >= 4 is 5.91 Å². The maximum Gasteiger partial charge on any atom is 0.254 e. The average Bonchev–Trinajstić information content (AvgIpc) is 2.41. The highest BCUT2D eigenvalue weighted by Gasteiger charge is 2.32. The lowest BCUT2D eigenvalue weighted by Gasteiger charge is -2.35. The molecule has 0 radical (unpaired) electrons. The fraction of sp³-hybridized carbons (Fsp3) is 0.533. The van der Waals surface area contributed by atoms with Crippen LogP contribution in [-0.4, -0.2) is 31.8 Å². The summed E-state index contributed by atoms with van der Waals surface area (Å²) < 4.78 is 10.7. The Labute approximate surface area is 114 Å². The molecule has 1 atom stereocenters. The molecule has 0 bridgehead atoms. The summed E-state index contributed by atoms with van der Waals surface area (Å²) in [5.74, 6) is -0.0851. The van der Waals surface area contributed by atoms with Gasteiger partial charge in [0.1, 0.15) is 0 Å². The Morgan fingerprint density at radius 1 is 1.32 bits per heavy atom. The predicted octanol–water partition coefficient (Wildman–Crippen LogP) is 2.06. The van der Waals surface area contributed by atoms with E-state index in [1.54, 1.807) is 7.11 Å². The van der Waals surface area contributed by atoms with E-state index in [0.717, 1.165) is 18.4 Å². The summed E-state index contributed by atoms with van der Waals surface area (Å²) in [6.07, 6.45) is 1.12. The molecular weight excluding hydrogens is 242 g/mol. The molecule has 104 valence electrons. The Morgan fingerprint density at radius 2 is 1.95 bits per heavy atom. The van der Waals surface area contributed by atoms with E-state index in [0.29, 0.717) is 13.2 Å². The Hall–Kier alpha value is -1.39. The van der Waals surface area contributed by atoms with E-state index in [1.165, 1.54) is 0 Å². The lowest BCUT2D eigenvalue weighted by Crippen LogP contribution is -2.51. The second kappa shape index (κ2) is 6.17. The SMILES string of the molecule is CO[C@H](C(=O)NC1(C)CCOCC1)c1ccccc1. The first kappa shape index (κ1) is 14.0. The second-order valence-corrected chi connectivity index (χ2v) is 5.19. The molecule has 1 aliphatic rings. The third kappa shape index (κ3) is 3.55. The Morgan fingerprint density at radius 3 is 2.53 bits per heavy atom. The van der Waals surface area contributed by atoms with Gasteiger partial charge in [-0.25, -0.2) is 0 Å². The van der Waals surface area contributed by atoms with Crippen molar-refractivity contribution in [3.8, 4) is 0 Å². The summed E-state index contributed by atoms with van der Waals surface area (Å²) in [6.45, 7) is 3.45. The van der Waals surface area contributed by atoms with Crippen molar-refractivity contribution in [1.82, 2.24) is 5.32 Å². The minimum Gasteiger partial charge on any atom is -0.381 e. The molecule has 2 rings (SSSR count). The van der Waals surface area contributed by atoms with Crippen molar-refractivity contribution in [2.75, 3.05) is 20.3 Å². The van der Waals surface area contributed by atoms with Gasteiger partial charge < -0.3 is 14.8 Å². The number of carbonyl (C=O) groups is 1. The van der Waals surface area contributed by atoms with Gasteiger partial charge in [-0.3, -0.25) is 4.79 Å². The topological polar surface area (TPSA) is 47.6 Å². The number of hydrogen-bond donors (Lipinski definition) is 1. The summed E-state index contributed by atoms with van der Waals surface area (Å²) in [5, 5.41) is 3.10. The van der Waals surface area contributed by atoms with Crippen molar-refractivity contribution in [3.05, 3.63) is 35.9 Å². The molecule has 0 spiro atoms. The van der Waals surface area contributed by atoms with Crippen LogP contribution in [0.5, 0.6) is 0 Å². The summed E-state index contributed by atoms with van der Waals surface area (Å²) in [7, 11) is 1.56. The van der Waals surface area contributed by atoms with Crippen LogP contribution in [0.2, 0.25) is 0 Å². The first-order valence-electron chi connectivity index (χ1n) is 6.62. The predicted molar refractivity (Wildman–Crippen MR) is 72.8 cm³/mol. The maximum atomic E-state index is 12.4. The minimum atomic E-state index is -0.555. The largest absolute Gasteiger partial charge is 0.381 e. The van der Waals surface area contributed by atoms with E-state index >= 15 is 0 Å². The molecule has 0 aliphatic carbocycles. The van der Waals surface area contributed by atoms with Crippen LogP contribution in [0.4, 0.5) is 0 Å². The molecule has 0 unspecified atom stereocenters.